The monoisotopic (exact) mass is 437 g/mol. The molecule has 1 heterocycles. The molecule has 2 atom stereocenters. The minimum absolute atomic E-state index is 0.0210. The highest BCUT2D eigenvalue weighted by Gasteiger charge is 2.36. The van der Waals surface area contributed by atoms with Crippen molar-refractivity contribution < 1.29 is 14.3 Å². The fourth-order valence-corrected chi connectivity index (χ4v) is 4.13. The summed E-state index contributed by atoms with van der Waals surface area (Å²) in [5.41, 5.74) is 3.41. The van der Waals surface area contributed by atoms with Crippen LogP contribution in [0.2, 0.25) is 0 Å². The molecule has 2 aromatic carbocycles. The standard InChI is InChI=1S/C26H35N3O3/c1-18(2)25(30)28-15-20-5-9-21(10-6-20)23-16-29(3)17-24(23)26(31)27-14-13-19-7-11-22(32-4)12-8-19/h5-12,18,23-24H,13-17H2,1-4H3,(H,27,31)(H,28,30). The van der Waals surface area contributed by atoms with Crippen molar-refractivity contribution in [2.45, 2.75) is 32.7 Å². The fraction of sp³-hybridized carbons (Fsp3) is 0.462. The summed E-state index contributed by atoms with van der Waals surface area (Å²) in [7, 11) is 3.72. The Morgan fingerprint density at radius 3 is 2.28 bits per heavy atom. The van der Waals surface area contributed by atoms with Crippen molar-refractivity contribution in [2.75, 3.05) is 33.8 Å². The number of methoxy groups -OCH3 is 1. The number of carbonyl (C=O) groups is 2. The summed E-state index contributed by atoms with van der Waals surface area (Å²) in [6.45, 7) is 6.53. The Labute approximate surface area is 191 Å². The molecular formula is C26H35N3O3. The number of likely N-dealkylation sites (tertiary alicyclic amines) is 1. The summed E-state index contributed by atoms with van der Waals surface area (Å²) in [4.78, 5) is 27.0. The second-order valence-electron chi connectivity index (χ2n) is 8.94. The summed E-state index contributed by atoms with van der Waals surface area (Å²) in [5.74, 6) is 1.08. The van der Waals surface area contributed by atoms with E-state index in [9.17, 15) is 9.59 Å². The Kier molecular flexibility index (Phi) is 8.28. The van der Waals surface area contributed by atoms with E-state index < -0.39 is 0 Å². The maximum absolute atomic E-state index is 13.0. The lowest BCUT2D eigenvalue weighted by atomic mass is 9.88. The van der Waals surface area contributed by atoms with Gasteiger partial charge in [0.15, 0.2) is 0 Å². The van der Waals surface area contributed by atoms with Gasteiger partial charge in [-0.15, -0.1) is 0 Å². The number of nitrogens with zero attached hydrogens (tertiary/aromatic N) is 1. The Morgan fingerprint density at radius 2 is 1.66 bits per heavy atom. The van der Waals surface area contributed by atoms with E-state index in [0.29, 0.717) is 13.1 Å². The third-order valence-corrected chi connectivity index (χ3v) is 6.11. The zero-order valence-corrected chi connectivity index (χ0v) is 19.6. The van der Waals surface area contributed by atoms with Crippen molar-refractivity contribution in [2.24, 2.45) is 11.8 Å². The van der Waals surface area contributed by atoms with Crippen molar-refractivity contribution in [1.82, 2.24) is 15.5 Å². The van der Waals surface area contributed by atoms with Crippen LogP contribution >= 0.6 is 0 Å². The summed E-state index contributed by atoms with van der Waals surface area (Å²) >= 11 is 0. The van der Waals surface area contributed by atoms with E-state index in [-0.39, 0.29) is 29.6 Å². The molecule has 2 N–H and O–H groups in total. The van der Waals surface area contributed by atoms with Crippen LogP contribution in [0, 0.1) is 11.8 Å². The van der Waals surface area contributed by atoms with Crippen LogP contribution in [0.4, 0.5) is 0 Å². The molecule has 0 radical (unpaired) electrons. The highest BCUT2D eigenvalue weighted by molar-refractivity contribution is 5.80. The van der Waals surface area contributed by atoms with Crippen LogP contribution in [0.3, 0.4) is 0 Å². The lowest BCUT2D eigenvalue weighted by Gasteiger charge is -2.19. The number of amides is 2. The van der Waals surface area contributed by atoms with Crippen LogP contribution in [-0.4, -0.2) is 50.5 Å². The number of likely N-dealkylation sites (N-methyl/N-ethyl adjacent to an activating group) is 1. The zero-order valence-electron chi connectivity index (χ0n) is 19.6. The molecule has 6 heteroatoms. The van der Waals surface area contributed by atoms with Crippen molar-refractivity contribution >= 4 is 11.8 Å². The molecule has 1 aliphatic heterocycles. The maximum Gasteiger partial charge on any atom is 0.225 e. The third kappa shape index (κ3) is 6.33. The van der Waals surface area contributed by atoms with E-state index in [1.807, 2.05) is 50.2 Å². The fourth-order valence-electron chi connectivity index (χ4n) is 4.13. The Balaban J connectivity index is 1.55. The zero-order chi connectivity index (χ0) is 23.1. The average Bonchev–Trinajstić information content (AvgIpc) is 3.19. The third-order valence-electron chi connectivity index (χ3n) is 6.11. The molecule has 0 saturated carbocycles. The molecular weight excluding hydrogens is 402 g/mol. The van der Waals surface area contributed by atoms with Crippen LogP contribution in [0.25, 0.3) is 0 Å². The highest BCUT2D eigenvalue weighted by Crippen LogP contribution is 2.32. The minimum Gasteiger partial charge on any atom is -0.497 e. The molecule has 1 saturated heterocycles. The number of rotatable bonds is 9. The van der Waals surface area contributed by atoms with Crippen molar-refractivity contribution in [3.8, 4) is 5.75 Å². The lowest BCUT2D eigenvalue weighted by molar-refractivity contribution is -0.125. The van der Waals surface area contributed by atoms with Gasteiger partial charge in [-0.3, -0.25) is 9.59 Å². The highest BCUT2D eigenvalue weighted by atomic mass is 16.5. The number of carbonyl (C=O) groups excluding carboxylic acids is 2. The van der Waals surface area contributed by atoms with E-state index in [2.05, 4.69) is 34.7 Å². The molecule has 172 valence electrons. The van der Waals surface area contributed by atoms with Crippen molar-refractivity contribution in [1.29, 1.82) is 0 Å². The summed E-state index contributed by atoms with van der Waals surface area (Å²) < 4.78 is 5.19. The average molecular weight is 438 g/mol. The lowest BCUT2D eigenvalue weighted by Crippen LogP contribution is -2.35. The Bertz CT molecular complexity index is 894. The normalized spacial score (nSPS) is 18.5. The Morgan fingerprint density at radius 1 is 1.00 bits per heavy atom. The van der Waals surface area contributed by atoms with Gasteiger partial charge in [-0.25, -0.2) is 0 Å². The van der Waals surface area contributed by atoms with Crippen LogP contribution < -0.4 is 15.4 Å². The molecule has 0 bridgehead atoms. The van der Waals surface area contributed by atoms with Crippen LogP contribution in [-0.2, 0) is 22.6 Å². The molecule has 1 aliphatic rings. The van der Waals surface area contributed by atoms with Gasteiger partial charge in [0.2, 0.25) is 11.8 Å². The molecule has 32 heavy (non-hydrogen) atoms. The van der Waals surface area contributed by atoms with Crippen molar-refractivity contribution in [3.05, 3.63) is 65.2 Å². The molecule has 0 spiro atoms. The first-order chi connectivity index (χ1) is 15.4. The molecule has 2 amide bonds. The molecule has 1 fully saturated rings. The number of nitrogens with one attached hydrogen (secondary N) is 2. The topological polar surface area (TPSA) is 70.7 Å². The summed E-state index contributed by atoms with van der Waals surface area (Å²) in [6, 6.07) is 16.2. The maximum atomic E-state index is 13.0. The first-order valence-corrected chi connectivity index (χ1v) is 11.3. The van der Waals surface area contributed by atoms with Gasteiger partial charge in [0, 0.05) is 38.0 Å². The van der Waals surface area contributed by atoms with Crippen LogP contribution in [0.1, 0.15) is 36.5 Å². The van der Waals surface area contributed by atoms with Crippen LogP contribution in [0.5, 0.6) is 5.75 Å². The predicted octanol–water partition coefficient (Wildman–Crippen LogP) is 2.97. The second kappa shape index (κ2) is 11.1. The first-order valence-electron chi connectivity index (χ1n) is 11.3. The van der Waals surface area contributed by atoms with Gasteiger partial charge in [-0.1, -0.05) is 50.2 Å². The number of hydrogen-bond acceptors (Lipinski definition) is 4. The summed E-state index contributed by atoms with van der Waals surface area (Å²) in [5, 5.41) is 6.08. The van der Waals surface area contributed by atoms with Gasteiger partial charge < -0.3 is 20.3 Å². The quantitative estimate of drug-likeness (QED) is 0.633. The van der Waals surface area contributed by atoms with E-state index in [0.717, 1.165) is 30.8 Å². The second-order valence-corrected chi connectivity index (χ2v) is 8.94. The minimum atomic E-state index is -0.0673. The van der Waals surface area contributed by atoms with E-state index in [1.54, 1.807) is 7.11 Å². The van der Waals surface area contributed by atoms with Gasteiger partial charge >= 0.3 is 0 Å². The number of benzene rings is 2. The molecule has 2 unspecified atom stereocenters. The van der Waals surface area contributed by atoms with Crippen molar-refractivity contribution in [3.63, 3.8) is 0 Å². The molecule has 3 rings (SSSR count). The van der Waals surface area contributed by atoms with E-state index in [1.165, 1.54) is 11.1 Å². The van der Waals surface area contributed by atoms with E-state index in [4.69, 9.17) is 4.74 Å². The largest absolute Gasteiger partial charge is 0.497 e. The van der Waals surface area contributed by atoms with Gasteiger partial charge in [-0.05, 0) is 42.3 Å². The van der Waals surface area contributed by atoms with Gasteiger partial charge in [-0.2, -0.15) is 0 Å². The Hall–Kier alpha value is -2.86. The SMILES string of the molecule is COc1ccc(CCNC(=O)C2CN(C)CC2c2ccc(CNC(=O)C(C)C)cc2)cc1. The van der Waals surface area contributed by atoms with Gasteiger partial charge in [0.05, 0.1) is 13.0 Å². The van der Waals surface area contributed by atoms with Gasteiger partial charge in [0.1, 0.15) is 5.75 Å². The predicted molar refractivity (Wildman–Crippen MR) is 127 cm³/mol. The number of ether oxygens (including phenoxy) is 1. The molecule has 6 nitrogen and oxygen atoms in total. The van der Waals surface area contributed by atoms with E-state index >= 15 is 0 Å². The molecule has 2 aromatic rings. The van der Waals surface area contributed by atoms with Crippen LogP contribution in [0.15, 0.2) is 48.5 Å². The summed E-state index contributed by atoms with van der Waals surface area (Å²) in [6.07, 6.45) is 0.791. The molecule has 0 aliphatic carbocycles. The number of hydrogen-bond donors (Lipinski definition) is 2. The molecule has 0 aromatic heterocycles. The first kappa shape index (κ1) is 23.8. The smallest absolute Gasteiger partial charge is 0.225 e. The van der Waals surface area contributed by atoms with Gasteiger partial charge in [0.25, 0.3) is 0 Å².